The van der Waals surface area contributed by atoms with Crippen LogP contribution in [-0.4, -0.2) is 32.3 Å². The fourth-order valence-electron chi connectivity index (χ4n) is 2.67. The van der Waals surface area contributed by atoms with Crippen molar-refractivity contribution in [2.45, 2.75) is 18.1 Å². The monoisotopic (exact) mass is 463 g/mol. The van der Waals surface area contributed by atoms with E-state index in [1.54, 1.807) is 54.1 Å². The molecule has 3 rings (SSSR count). The van der Waals surface area contributed by atoms with Crippen LogP contribution in [0.1, 0.15) is 29.1 Å². The van der Waals surface area contributed by atoms with Gasteiger partial charge in [-0.05, 0) is 37.3 Å². The lowest BCUT2D eigenvalue weighted by Gasteiger charge is -2.13. The van der Waals surface area contributed by atoms with Gasteiger partial charge in [0.05, 0.1) is 22.5 Å². The third-order valence-electron chi connectivity index (χ3n) is 4.18. The number of amides is 2. The van der Waals surface area contributed by atoms with Gasteiger partial charge in [0.25, 0.3) is 5.91 Å². The highest BCUT2D eigenvalue weighted by Crippen LogP contribution is 2.26. The number of rotatable bonds is 7. The van der Waals surface area contributed by atoms with Crippen molar-refractivity contribution in [2.75, 3.05) is 11.1 Å². The Labute approximate surface area is 188 Å². The normalized spacial score (nSPS) is 11.7. The SMILES string of the molecule is C[C@H](NC(=O)c1ccccc1)c1nnc(SCC(=O)Nc2ccc(Cl)cc2Cl)n1C. The number of nitrogens with one attached hydrogen (secondary N) is 2. The highest BCUT2D eigenvalue weighted by atomic mass is 35.5. The first-order valence-corrected chi connectivity index (χ1v) is 10.7. The smallest absolute Gasteiger partial charge is 0.251 e. The minimum Gasteiger partial charge on any atom is -0.342 e. The Kier molecular flexibility index (Phi) is 7.36. The van der Waals surface area contributed by atoms with Gasteiger partial charge in [0.2, 0.25) is 5.91 Å². The molecule has 0 saturated carbocycles. The number of carbonyl (C=O) groups excluding carboxylic acids is 2. The summed E-state index contributed by atoms with van der Waals surface area (Å²) in [7, 11) is 1.79. The second-order valence-electron chi connectivity index (χ2n) is 6.42. The van der Waals surface area contributed by atoms with E-state index in [1.165, 1.54) is 11.8 Å². The van der Waals surface area contributed by atoms with E-state index in [4.69, 9.17) is 23.2 Å². The molecule has 1 heterocycles. The summed E-state index contributed by atoms with van der Waals surface area (Å²) in [5.41, 5.74) is 1.06. The van der Waals surface area contributed by atoms with Crippen LogP contribution in [0.2, 0.25) is 10.0 Å². The van der Waals surface area contributed by atoms with Crippen LogP contribution in [0.25, 0.3) is 0 Å². The number of hydrogen-bond donors (Lipinski definition) is 2. The Hall–Kier alpha value is -2.55. The molecule has 0 aliphatic carbocycles. The number of aromatic nitrogens is 3. The number of thioether (sulfide) groups is 1. The van der Waals surface area contributed by atoms with E-state index in [-0.39, 0.29) is 23.6 Å². The number of benzene rings is 2. The van der Waals surface area contributed by atoms with Crippen LogP contribution in [0.15, 0.2) is 53.7 Å². The molecule has 2 amide bonds. The van der Waals surface area contributed by atoms with Gasteiger partial charge >= 0.3 is 0 Å². The van der Waals surface area contributed by atoms with Gasteiger partial charge in [-0.25, -0.2) is 0 Å². The Balaban J connectivity index is 1.58. The van der Waals surface area contributed by atoms with Crippen LogP contribution in [0, 0.1) is 0 Å². The maximum Gasteiger partial charge on any atom is 0.251 e. The average Bonchev–Trinajstić information content (AvgIpc) is 3.09. The van der Waals surface area contributed by atoms with E-state index in [1.807, 2.05) is 13.0 Å². The average molecular weight is 464 g/mol. The van der Waals surface area contributed by atoms with Gasteiger partial charge in [0.15, 0.2) is 11.0 Å². The Morgan fingerprint density at radius 2 is 1.87 bits per heavy atom. The molecule has 0 aliphatic rings. The first-order chi connectivity index (χ1) is 14.3. The third kappa shape index (κ3) is 5.53. The predicted molar refractivity (Wildman–Crippen MR) is 119 cm³/mol. The molecule has 0 bridgehead atoms. The minimum absolute atomic E-state index is 0.121. The van der Waals surface area contributed by atoms with Gasteiger partial charge in [0, 0.05) is 17.6 Å². The van der Waals surface area contributed by atoms with E-state index in [0.717, 1.165) is 0 Å². The predicted octanol–water partition coefficient (Wildman–Crippen LogP) is 4.34. The molecule has 0 spiro atoms. The van der Waals surface area contributed by atoms with Crippen molar-refractivity contribution in [2.24, 2.45) is 7.05 Å². The zero-order valence-corrected chi connectivity index (χ0v) is 18.6. The van der Waals surface area contributed by atoms with Gasteiger partial charge in [0.1, 0.15) is 0 Å². The molecule has 2 N–H and O–H groups in total. The number of anilines is 1. The highest BCUT2D eigenvalue weighted by molar-refractivity contribution is 7.99. The van der Waals surface area contributed by atoms with Crippen molar-refractivity contribution in [3.8, 4) is 0 Å². The van der Waals surface area contributed by atoms with E-state index >= 15 is 0 Å². The molecule has 0 saturated heterocycles. The van der Waals surface area contributed by atoms with Crippen molar-refractivity contribution in [3.63, 3.8) is 0 Å². The molecule has 2 aromatic carbocycles. The van der Waals surface area contributed by atoms with Crippen LogP contribution in [-0.2, 0) is 11.8 Å². The summed E-state index contributed by atoms with van der Waals surface area (Å²) in [6.07, 6.45) is 0. The van der Waals surface area contributed by atoms with E-state index < -0.39 is 0 Å². The molecule has 1 atom stereocenters. The van der Waals surface area contributed by atoms with Crippen molar-refractivity contribution < 1.29 is 9.59 Å². The van der Waals surface area contributed by atoms with Crippen LogP contribution < -0.4 is 10.6 Å². The molecule has 0 radical (unpaired) electrons. The highest BCUT2D eigenvalue weighted by Gasteiger charge is 2.19. The summed E-state index contributed by atoms with van der Waals surface area (Å²) in [4.78, 5) is 24.6. The summed E-state index contributed by atoms with van der Waals surface area (Å²) < 4.78 is 1.75. The first kappa shape index (κ1) is 22.1. The lowest BCUT2D eigenvalue weighted by molar-refractivity contribution is -0.113. The second-order valence-corrected chi connectivity index (χ2v) is 8.21. The Morgan fingerprint density at radius 1 is 1.13 bits per heavy atom. The van der Waals surface area contributed by atoms with Gasteiger partial charge in [-0.15, -0.1) is 10.2 Å². The molecule has 1 aromatic heterocycles. The van der Waals surface area contributed by atoms with E-state index in [9.17, 15) is 9.59 Å². The number of hydrogen-bond acceptors (Lipinski definition) is 5. The zero-order valence-electron chi connectivity index (χ0n) is 16.2. The Morgan fingerprint density at radius 3 is 2.57 bits per heavy atom. The molecule has 0 fully saturated rings. The van der Waals surface area contributed by atoms with Crippen LogP contribution in [0.4, 0.5) is 5.69 Å². The molecule has 10 heteroatoms. The van der Waals surface area contributed by atoms with Gasteiger partial charge in [-0.3, -0.25) is 9.59 Å². The zero-order chi connectivity index (χ0) is 21.7. The lowest BCUT2D eigenvalue weighted by atomic mass is 10.2. The minimum atomic E-state index is -0.355. The molecule has 156 valence electrons. The molecular formula is C20H19Cl2N5O2S. The third-order valence-corrected chi connectivity index (χ3v) is 5.75. The van der Waals surface area contributed by atoms with Gasteiger partial charge in [-0.1, -0.05) is 53.2 Å². The van der Waals surface area contributed by atoms with Crippen LogP contribution in [0.5, 0.6) is 0 Å². The van der Waals surface area contributed by atoms with Crippen LogP contribution >= 0.6 is 35.0 Å². The standard InChI is InChI=1S/C20H19Cl2N5O2S/c1-12(23-19(29)13-6-4-3-5-7-13)18-25-26-20(27(18)2)30-11-17(28)24-16-9-8-14(21)10-15(16)22/h3-10,12H,11H2,1-2H3,(H,23,29)(H,24,28)/t12-/m0/s1. The van der Waals surface area contributed by atoms with Crippen molar-refractivity contribution in [3.05, 3.63) is 70.0 Å². The lowest BCUT2D eigenvalue weighted by Crippen LogP contribution is -2.28. The first-order valence-electron chi connectivity index (χ1n) is 8.98. The fraction of sp³-hybridized carbons (Fsp3) is 0.200. The van der Waals surface area contributed by atoms with Gasteiger partial charge in [-0.2, -0.15) is 0 Å². The fourth-order valence-corrected chi connectivity index (χ4v) is 3.84. The molecule has 0 unspecified atom stereocenters. The summed E-state index contributed by atoms with van der Waals surface area (Å²) in [6, 6.07) is 13.4. The summed E-state index contributed by atoms with van der Waals surface area (Å²) in [6.45, 7) is 1.83. The quantitative estimate of drug-likeness (QED) is 0.508. The number of carbonyl (C=O) groups is 2. The second kappa shape index (κ2) is 9.97. The molecule has 0 aliphatic heterocycles. The summed E-state index contributed by atoms with van der Waals surface area (Å²) in [5, 5.41) is 15.3. The van der Waals surface area contributed by atoms with Crippen molar-refractivity contribution in [1.29, 1.82) is 0 Å². The molecular weight excluding hydrogens is 445 g/mol. The summed E-state index contributed by atoms with van der Waals surface area (Å²) in [5.74, 6) is 0.275. The van der Waals surface area contributed by atoms with Crippen LogP contribution in [0.3, 0.4) is 0 Å². The van der Waals surface area contributed by atoms with Crippen molar-refractivity contribution >= 4 is 52.5 Å². The molecule has 3 aromatic rings. The van der Waals surface area contributed by atoms with E-state index in [0.29, 0.717) is 32.3 Å². The van der Waals surface area contributed by atoms with Gasteiger partial charge < -0.3 is 15.2 Å². The number of nitrogens with zero attached hydrogens (tertiary/aromatic N) is 3. The van der Waals surface area contributed by atoms with Crippen molar-refractivity contribution in [1.82, 2.24) is 20.1 Å². The Bertz CT molecular complexity index is 1060. The topological polar surface area (TPSA) is 88.9 Å². The summed E-state index contributed by atoms with van der Waals surface area (Å²) >= 11 is 13.2. The molecule has 7 nitrogen and oxygen atoms in total. The molecule has 30 heavy (non-hydrogen) atoms. The maximum absolute atomic E-state index is 12.3. The maximum atomic E-state index is 12.3. The number of halogens is 2. The van der Waals surface area contributed by atoms with E-state index in [2.05, 4.69) is 20.8 Å². The largest absolute Gasteiger partial charge is 0.342 e.